The number of benzene rings is 1. The molecule has 0 aliphatic rings. The Kier molecular flexibility index (Phi) is 5.65. The number of hydrogen-bond acceptors (Lipinski definition) is 4. The number of carbonyl (C=O) groups excluding carboxylic acids is 1. The van der Waals surface area contributed by atoms with Gasteiger partial charge >= 0.3 is 6.03 Å². The van der Waals surface area contributed by atoms with E-state index in [9.17, 15) is 9.18 Å². The summed E-state index contributed by atoms with van der Waals surface area (Å²) in [5.41, 5.74) is 1.48. The Labute approximate surface area is 156 Å². The summed E-state index contributed by atoms with van der Waals surface area (Å²) >= 11 is 0. The van der Waals surface area contributed by atoms with Gasteiger partial charge in [0.15, 0.2) is 0 Å². The minimum absolute atomic E-state index is 0.250. The second-order valence-electron chi connectivity index (χ2n) is 5.88. The van der Waals surface area contributed by atoms with E-state index in [-0.39, 0.29) is 12.4 Å². The van der Waals surface area contributed by atoms with Crippen molar-refractivity contribution in [1.82, 2.24) is 25.2 Å². The first-order valence-electron chi connectivity index (χ1n) is 8.33. The summed E-state index contributed by atoms with van der Waals surface area (Å²) in [5, 5.41) is 5.67. The van der Waals surface area contributed by atoms with Crippen LogP contribution in [0.15, 0.2) is 55.0 Å². The van der Waals surface area contributed by atoms with E-state index in [1.165, 1.54) is 19.2 Å². The zero-order valence-electron chi connectivity index (χ0n) is 15.0. The number of nitrogens with zero attached hydrogens (tertiary/aromatic N) is 3. The molecule has 2 heterocycles. The van der Waals surface area contributed by atoms with Crippen molar-refractivity contribution in [2.75, 3.05) is 7.11 Å². The van der Waals surface area contributed by atoms with E-state index in [1.807, 2.05) is 13.1 Å². The second-order valence-corrected chi connectivity index (χ2v) is 5.88. The molecule has 0 spiro atoms. The third kappa shape index (κ3) is 4.41. The average Bonchev–Trinajstić information content (AvgIpc) is 3.11. The van der Waals surface area contributed by atoms with Gasteiger partial charge in [-0.05, 0) is 23.8 Å². The molecule has 0 bridgehead atoms. The van der Waals surface area contributed by atoms with Gasteiger partial charge in [0.25, 0.3) is 0 Å². The zero-order chi connectivity index (χ0) is 19.2. The minimum Gasteiger partial charge on any atom is -0.481 e. The van der Waals surface area contributed by atoms with Crippen LogP contribution in [0, 0.1) is 5.82 Å². The molecule has 0 aliphatic heterocycles. The summed E-state index contributed by atoms with van der Waals surface area (Å²) in [4.78, 5) is 20.9. The van der Waals surface area contributed by atoms with Crippen LogP contribution in [0.4, 0.5) is 9.18 Å². The molecule has 0 radical (unpaired) electrons. The Morgan fingerprint density at radius 2 is 2.00 bits per heavy atom. The van der Waals surface area contributed by atoms with Gasteiger partial charge in [-0.25, -0.2) is 19.2 Å². The van der Waals surface area contributed by atoms with Gasteiger partial charge in [-0.1, -0.05) is 18.2 Å². The summed E-state index contributed by atoms with van der Waals surface area (Å²) in [6.07, 6.45) is 5.05. The summed E-state index contributed by atoms with van der Waals surface area (Å²) in [7, 11) is 3.36. The van der Waals surface area contributed by atoms with Crippen LogP contribution in [0.25, 0.3) is 0 Å². The number of amides is 2. The number of aryl methyl sites for hydroxylation is 1. The molecule has 140 valence electrons. The topological polar surface area (TPSA) is 81.1 Å². The number of carbonyl (C=O) groups is 1. The largest absolute Gasteiger partial charge is 0.481 e. The van der Waals surface area contributed by atoms with Crippen molar-refractivity contribution in [2.24, 2.45) is 7.05 Å². The monoisotopic (exact) mass is 369 g/mol. The summed E-state index contributed by atoms with van der Waals surface area (Å²) in [6, 6.07) is 8.63. The van der Waals surface area contributed by atoms with E-state index in [4.69, 9.17) is 4.74 Å². The van der Waals surface area contributed by atoms with E-state index in [2.05, 4.69) is 20.6 Å². The normalized spacial score (nSPS) is 11.7. The van der Waals surface area contributed by atoms with Crippen LogP contribution in [0.2, 0.25) is 0 Å². The molecule has 8 heteroatoms. The Morgan fingerprint density at radius 1 is 1.22 bits per heavy atom. The van der Waals surface area contributed by atoms with Crippen molar-refractivity contribution in [3.05, 3.63) is 77.8 Å². The maximum absolute atomic E-state index is 13.3. The highest BCUT2D eigenvalue weighted by molar-refractivity contribution is 5.75. The van der Waals surface area contributed by atoms with E-state index < -0.39 is 12.1 Å². The van der Waals surface area contributed by atoms with Crippen molar-refractivity contribution < 1.29 is 13.9 Å². The van der Waals surface area contributed by atoms with Crippen LogP contribution in [0.1, 0.15) is 23.0 Å². The van der Waals surface area contributed by atoms with Gasteiger partial charge in [-0.15, -0.1) is 0 Å². The van der Waals surface area contributed by atoms with E-state index in [0.29, 0.717) is 11.7 Å². The third-order valence-corrected chi connectivity index (χ3v) is 4.08. The quantitative estimate of drug-likeness (QED) is 0.700. The first-order valence-corrected chi connectivity index (χ1v) is 8.33. The number of hydrogen-bond donors (Lipinski definition) is 2. The van der Waals surface area contributed by atoms with Crippen LogP contribution < -0.4 is 15.4 Å². The van der Waals surface area contributed by atoms with Gasteiger partial charge in [0, 0.05) is 37.7 Å². The second kappa shape index (κ2) is 8.31. The number of nitrogens with one attached hydrogen (secondary N) is 2. The van der Waals surface area contributed by atoms with Gasteiger partial charge in [-0.2, -0.15) is 0 Å². The molecule has 3 rings (SSSR count). The molecule has 7 nitrogen and oxygen atoms in total. The Hall–Kier alpha value is -3.42. The van der Waals surface area contributed by atoms with E-state index >= 15 is 0 Å². The number of rotatable bonds is 6. The van der Waals surface area contributed by atoms with Gasteiger partial charge in [-0.3, -0.25) is 0 Å². The molecule has 2 amide bonds. The molecule has 2 aromatic heterocycles. The summed E-state index contributed by atoms with van der Waals surface area (Å²) in [6.45, 7) is 0.250. The number of ether oxygens (including phenoxy) is 1. The van der Waals surface area contributed by atoms with Gasteiger partial charge < -0.3 is 19.9 Å². The lowest BCUT2D eigenvalue weighted by Gasteiger charge is -2.19. The lowest BCUT2D eigenvalue weighted by atomic mass is 10.1. The van der Waals surface area contributed by atoms with Gasteiger partial charge in [0.1, 0.15) is 17.7 Å². The lowest BCUT2D eigenvalue weighted by Crippen LogP contribution is -2.39. The molecule has 2 N–H and O–H groups in total. The van der Waals surface area contributed by atoms with Crippen molar-refractivity contribution in [3.63, 3.8) is 0 Å². The molecular weight excluding hydrogens is 349 g/mol. The molecular formula is C19H20FN5O2. The Bertz CT molecular complexity index is 910. The summed E-state index contributed by atoms with van der Waals surface area (Å²) in [5.74, 6) is 0.748. The fourth-order valence-corrected chi connectivity index (χ4v) is 2.71. The molecule has 0 saturated carbocycles. The zero-order valence-corrected chi connectivity index (χ0v) is 15.0. The molecule has 1 atom stereocenters. The Balaban J connectivity index is 1.75. The SMILES string of the molecule is COc1ncccc1CNC(=O)NC(c1ccc(F)cc1)c1nccn1C. The maximum atomic E-state index is 13.3. The molecule has 0 fully saturated rings. The smallest absolute Gasteiger partial charge is 0.315 e. The predicted octanol–water partition coefficient (Wildman–Crippen LogP) is 2.55. The predicted molar refractivity (Wildman–Crippen MR) is 97.6 cm³/mol. The molecule has 3 aromatic rings. The number of halogens is 1. The van der Waals surface area contributed by atoms with Crippen molar-refractivity contribution in [2.45, 2.75) is 12.6 Å². The number of pyridine rings is 1. The number of imidazole rings is 1. The third-order valence-electron chi connectivity index (χ3n) is 4.08. The van der Waals surface area contributed by atoms with Crippen LogP contribution in [-0.4, -0.2) is 27.7 Å². The van der Waals surface area contributed by atoms with E-state index in [0.717, 1.165) is 11.1 Å². The maximum Gasteiger partial charge on any atom is 0.315 e. The first-order chi connectivity index (χ1) is 13.1. The van der Waals surface area contributed by atoms with Crippen LogP contribution >= 0.6 is 0 Å². The van der Waals surface area contributed by atoms with Crippen molar-refractivity contribution in [3.8, 4) is 5.88 Å². The minimum atomic E-state index is -0.526. The van der Waals surface area contributed by atoms with Crippen LogP contribution in [-0.2, 0) is 13.6 Å². The van der Waals surface area contributed by atoms with Gasteiger partial charge in [0.2, 0.25) is 5.88 Å². The molecule has 0 aliphatic carbocycles. The van der Waals surface area contributed by atoms with Gasteiger partial charge in [0.05, 0.1) is 7.11 Å². The number of urea groups is 1. The fraction of sp³-hybridized carbons (Fsp3) is 0.211. The lowest BCUT2D eigenvalue weighted by molar-refractivity contribution is 0.237. The Morgan fingerprint density at radius 3 is 2.67 bits per heavy atom. The highest BCUT2D eigenvalue weighted by atomic mass is 19.1. The van der Waals surface area contributed by atoms with E-state index in [1.54, 1.807) is 41.4 Å². The average molecular weight is 369 g/mol. The number of methoxy groups -OCH3 is 1. The standard InChI is InChI=1S/C19H20FN5O2/c1-25-11-10-21-17(25)16(13-5-7-15(20)8-6-13)24-19(26)23-12-14-4-3-9-22-18(14)27-2/h3-11,16H,12H2,1-2H3,(H2,23,24,26). The fourth-order valence-electron chi connectivity index (χ4n) is 2.71. The van der Waals surface area contributed by atoms with Crippen LogP contribution in [0.5, 0.6) is 5.88 Å². The molecule has 1 aromatic carbocycles. The molecule has 27 heavy (non-hydrogen) atoms. The van der Waals surface area contributed by atoms with Crippen molar-refractivity contribution >= 4 is 6.03 Å². The molecule has 1 unspecified atom stereocenters. The van der Waals surface area contributed by atoms with Crippen LogP contribution in [0.3, 0.4) is 0 Å². The van der Waals surface area contributed by atoms with Crippen molar-refractivity contribution in [1.29, 1.82) is 0 Å². The highest BCUT2D eigenvalue weighted by Crippen LogP contribution is 2.21. The highest BCUT2D eigenvalue weighted by Gasteiger charge is 2.21. The molecule has 0 saturated heterocycles. The summed E-state index contributed by atoms with van der Waals surface area (Å²) < 4.78 is 20.3. The number of aromatic nitrogens is 3. The first kappa shape index (κ1) is 18.4.